The van der Waals surface area contributed by atoms with Gasteiger partial charge >= 0.3 is 0 Å². The van der Waals surface area contributed by atoms with E-state index >= 15 is 0 Å². The lowest BCUT2D eigenvalue weighted by molar-refractivity contribution is 0.0290. The summed E-state index contributed by atoms with van der Waals surface area (Å²) in [4.78, 5) is 0. The molecule has 0 fully saturated rings. The third-order valence-electron chi connectivity index (χ3n) is 1.89. The summed E-state index contributed by atoms with van der Waals surface area (Å²) in [6, 6.07) is 2.04. The Morgan fingerprint density at radius 1 is 1.27 bits per heavy atom. The van der Waals surface area contributed by atoms with Crippen LogP contribution in [0, 0.1) is 11.6 Å². The molecule has 2 atom stereocenters. The van der Waals surface area contributed by atoms with Crippen LogP contribution in [0.3, 0.4) is 0 Å². The van der Waals surface area contributed by atoms with Crippen LogP contribution in [0.25, 0.3) is 0 Å². The zero-order valence-electron chi connectivity index (χ0n) is 7.49. The van der Waals surface area contributed by atoms with Gasteiger partial charge < -0.3 is 10.2 Å². The molecule has 0 bridgehead atoms. The molecule has 1 aromatic rings. The van der Waals surface area contributed by atoms with Gasteiger partial charge in [0.1, 0.15) is 17.7 Å². The van der Waals surface area contributed by atoms with Gasteiger partial charge in [-0.15, -0.1) is 0 Å². The van der Waals surface area contributed by atoms with E-state index in [1.54, 1.807) is 0 Å². The number of thiol groups is 1. The highest BCUT2D eigenvalue weighted by Gasteiger charge is 2.24. The molecule has 2 unspecified atom stereocenters. The molecular weight excluding hydrogens is 290 g/mol. The number of aliphatic hydroxyl groups excluding tert-OH is 2. The minimum atomic E-state index is -1.62. The second kappa shape index (κ2) is 5.25. The Morgan fingerprint density at radius 2 is 1.73 bits per heavy atom. The van der Waals surface area contributed by atoms with E-state index < -0.39 is 29.4 Å². The molecule has 0 heterocycles. The fourth-order valence-electron chi connectivity index (χ4n) is 1.13. The van der Waals surface area contributed by atoms with E-state index in [4.69, 9.17) is 0 Å². The van der Waals surface area contributed by atoms with Crippen LogP contribution in [0.15, 0.2) is 16.6 Å². The van der Waals surface area contributed by atoms with Gasteiger partial charge in [0.2, 0.25) is 0 Å². The maximum atomic E-state index is 13.3. The Hall–Kier alpha value is -0.170. The molecule has 0 radical (unpaired) electrons. The smallest absolute Gasteiger partial charge is 0.133 e. The van der Waals surface area contributed by atoms with E-state index in [2.05, 4.69) is 28.6 Å². The topological polar surface area (TPSA) is 40.5 Å². The van der Waals surface area contributed by atoms with Crippen LogP contribution in [-0.4, -0.2) is 22.1 Å². The summed E-state index contributed by atoms with van der Waals surface area (Å²) in [6.45, 7) is 0. The lowest BCUT2D eigenvalue weighted by Crippen LogP contribution is -2.22. The van der Waals surface area contributed by atoms with Crippen molar-refractivity contribution in [3.05, 3.63) is 33.8 Å². The van der Waals surface area contributed by atoms with Crippen molar-refractivity contribution < 1.29 is 19.0 Å². The molecule has 0 amide bonds. The minimum absolute atomic E-state index is 0.0872. The molecule has 0 aromatic heterocycles. The average Bonchev–Trinajstić information content (AvgIpc) is 2.14. The average molecular weight is 299 g/mol. The van der Waals surface area contributed by atoms with Crippen molar-refractivity contribution in [1.29, 1.82) is 0 Å². The highest BCUT2D eigenvalue weighted by Crippen LogP contribution is 2.27. The summed E-state index contributed by atoms with van der Waals surface area (Å²) in [5.41, 5.74) is -0.542. The van der Waals surface area contributed by atoms with Crippen molar-refractivity contribution in [1.82, 2.24) is 0 Å². The quantitative estimate of drug-likeness (QED) is 0.748. The zero-order chi connectivity index (χ0) is 11.6. The van der Waals surface area contributed by atoms with Crippen molar-refractivity contribution in [2.45, 2.75) is 12.2 Å². The number of hydrogen-bond acceptors (Lipinski definition) is 3. The lowest BCUT2D eigenvalue weighted by atomic mass is 10.0. The summed E-state index contributed by atoms with van der Waals surface area (Å²) < 4.78 is 26.8. The summed E-state index contributed by atoms with van der Waals surface area (Å²) in [5.74, 6) is -1.90. The first-order valence-corrected chi connectivity index (χ1v) is 5.51. The Bertz CT molecular complexity index is 339. The van der Waals surface area contributed by atoms with Gasteiger partial charge in [-0.1, -0.05) is 15.9 Å². The molecule has 0 saturated heterocycles. The Labute approximate surface area is 99.5 Å². The maximum absolute atomic E-state index is 13.3. The van der Waals surface area contributed by atoms with Crippen LogP contribution >= 0.6 is 28.6 Å². The van der Waals surface area contributed by atoms with Gasteiger partial charge in [0.25, 0.3) is 0 Å². The predicted molar refractivity (Wildman–Crippen MR) is 58.9 cm³/mol. The van der Waals surface area contributed by atoms with Gasteiger partial charge in [-0.2, -0.15) is 12.6 Å². The molecule has 2 N–H and O–H groups in total. The SMILES string of the molecule is OC(CS)C(O)c1c(F)cc(Br)cc1F. The summed E-state index contributed by atoms with van der Waals surface area (Å²) in [7, 11) is 0. The van der Waals surface area contributed by atoms with E-state index in [1.807, 2.05) is 0 Å². The predicted octanol–water partition coefficient (Wildman–Crippen LogP) is 2.05. The highest BCUT2D eigenvalue weighted by atomic mass is 79.9. The normalized spacial score (nSPS) is 15.1. The molecule has 0 aliphatic heterocycles. The van der Waals surface area contributed by atoms with Crippen molar-refractivity contribution in [2.75, 3.05) is 5.75 Å². The van der Waals surface area contributed by atoms with Gasteiger partial charge in [0.15, 0.2) is 0 Å². The second-order valence-electron chi connectivity index (χ2n) is 2.98. The Kier molecular flexibility index (Phi) is 4.51. The fraction of sp³-hybridized carbons (Fsp3) is 0.333. The first-order valence-electron chi connectivity index (χ1n) is 4.08. The van der Waals surface area contributed by atoms with E-state index in [9.17, 15) is 19.0 Å². The summed E-state index contributed by atoms with van der Waals surface area (Å²) in [5, 5.41) is 18.7. The van der Waals surface area contributed by atoms with Gasteiger partial charge in [-0.25, -0.2) is 8.78 Å². The van der Waals surface area contributed by atoms with Crippen LogP contribution in [0.2, 0.25) is 0 Å². The number of rotatable bonds is 3. The van der Waals surface area contributed by atoms with E-state index in [0.717, 1.165) is 12.1 Å². The largest absolute Gasteiger partial charge is 0.389 e. The molecule has 1 rings (SSSR count). The van der Waals surface area contributed by atoms with Crippen LogP contribution in [0.1, 0.15) is 11.7 Å². The third kappa shape index (κ3) is 2.90. The molecule has 15 heavy (non-hydrogen) atoms. The van der Waals surface area contributed by atoms with Crippen LogP contribution in [0.5, 0.6) is 0 Å². The minimum Gasteiger partial charge on any atom is -0.389 e. The molecule has 6 heteroatoms. The first-order chi connectivity index (χ1) is 6.97. The molecule has 0 aliphatic carbocycles. The van der Waals surface area contributed by atoms with Crippen molar-refractivity contribution >= 4 is 28.6 Å². The van der Waals surface area contributed by atoms with Crippen LogP contribution in [-0.2, 0) is 0 Å². The fourth-order valence-corrected chi connectivity index (χ4v) is 1.73. The maximum Gasteiger partial charge on any atom is 0.133 e. The number of aliphatic hydroxyl groups is 2. The van der Waals surface area contributed by atoms with Crippen molar-refractivity contribution in [3.63, 3.8) is 0 Å². The standard InChI is InChI=1S/C9H9BrF2O2S/c10-4-1-5(11)8(6(12)2-4)9(14)7(13)3-15/h1-2,7,9,13-15H,3H2. The molecular formula is C9H9BrF2O2S. The number of benzene rings is 1. The van der Waals surface area contributed by atoms with E-state index in [0.29, 0.717) is 0 Å². The van der Waals surface area contributed by atoms with Crippen molar-refractivity contribution in [3.8, 4) is 0 Å². The summed E-state index contributed by atoms with van der Waals surface area (Å²) >= 11 is 6.64. The molecule has 0 aliphatic rings. The number of hydrogen-bond donors (Lipinski definition) is 3. The lowest BCUT2D eigenvalue weighted by Gasteiger charge is -2.17. The second-order valence-corrected chi connectivity index (χ2v) is 4.26. The Morgan fingerprint density at radius 3 is 2.13 bits per heavy atom. The monoisotopic (exact) mass is 298 g/mol. The van der Waals surface area contributed by atoms with Gasteiger partial charge in [0.05, 0.1) is 11.7 Å². The van der Waals surface area contributed by atoms with E-state index in [-0.39, 0.29) is 10.2 Å². The van der Waals surface area contributed by atoms with Crippen molar-refractivity contribution in [2.24, 2.45) is 0 Å². The van der Waals surface area contributed by atoms with Gasteiger partial charge in [-0.3, -0.25) is 0 Å². The summed E-state index contributed by atoms with van der Waals surface area (Å²) in [6.07, 6.45) is -2.92. The molecule has 84 valence electrons. The zero-order valence-corrected chi connectivity index (χ0v) is 9.97. The van der Waals surface area contributed by atoms with Crippen LogP contribution < -0.4 is 0 Å². The third-order valence-corrected chi connectivity index (χ3v) is 2.72. The molecule has 2 nitrogen and oxygen atoms in total. The van der Waals surface area contributed by atoms with Gasteiger partial charge in [-0.05, 0) is 12.1 Å². The highest BCUT2D eigenvalue weighted by molar-refractivity contribution is 9.10. The van der Waals surface area contributed by atoms with Crippen LogP contribution in [0.4, 0.5) is 8.78 Å². The molecule has 0 spiro atoms. The molecule has 1 aromatic carbocycles. The first kappa shape index (κ1) is 12.9. The van der Waals surface area contributed by atoms with E-state index in [1.165, 1.54) is 0 Å². The Balaban J connectivity index is 3.13. The molecule has 0 saturated carbocycles. The number of halogens is 3. The van der Waals surface area contributed by atoms with Gasteiger partial charge in [0, 0.05) is 10.2 Å².